The van der Waals surface area contributed by atoms with Crippen molar-refractivity contribution in [3.63, 3.8) is 0 Å². The van der Waals surface area contributed by atoms with Gasteiger partial charge in [-0.05, 0) is 19.4 Å². The molecule has 0 saturated heterocycles. The Balaban J connectivity index is 2.77. The van der Waals surface area contributed by atoms with Gasteiger partial charge in [-0.25, -0.2) is 4.98 Å². The molecule has 1 aromatic heterocycles. The van der Waals surface area contributed by atoms with Gasteiger partial charge in [-0.2, -0.15) is 0 Å². The van der Waals surface area contributed by atoms with Crippen molar-refractivity contribution in [3.05, 3.63) is 22.2 Å². The minimum Gasteiger partial charge on any atom is -0.370 e. The Labute approximate surface area is 120 Å². The van der Waals surface area contributed by atoms with E-state index in [1.807, 2.05) is 13.8 Å². The van der Waals surface area contributed by atoms with Crippen LogP contribution in [0.5, 0.6) is 0 Å². The largest absolute Gasteiger partial charge is 0.370 e. The van der Waals surface area contributed by atoms with Crippen molar-refractivity contribution in [1.29, 1.82) is 0 Å². The number of hydrogen-bond acceptors (Lipinski definition) is 6. The van der Waals surface area contributed by atoms with E-state index in [1.165, 1.54) is 6.07 Å². The average Bonchev–Trinajstić information content (AvgIpc) is 2.38. The minimum atomic E-state index is -0.896. The van der Waals surface area contributed by atoms with Crippen LogP contribution in [0.25, 0.3) is 0 Å². The van der Waals surface area contributed by atoms with Crippen molar-refractivity contribution in [1.82, 2.24) is 4.98 Å². The van der Waals surface area contributed by atoms with E-state index < -0.39 is 15.7 Å². The molecule has 1 heterocycles. The molecule has 1 rings (SSSR count). The van der Waals surface area contributed by atoms with Crippen molar-refractivity contribution in [3.8, 4) is 0 Å². The standard InChI is InChI=1S/C12H20N4O3S/c1-4-13-11-6-5-10(16(17)18)12(15-11)14-8-7-9(2)20(3)19/h5-6,9H,4,7-8H2,1-3H3,(H2,13,14,15). The smallest absolute Gasteiger partial charge is 0.311 e. The molecule has 2 unspecified atom stereocenters. The fraction of sp³-hybridized carbons (Fsp3) is 0.583. The topological polar surface area (TPSA) is 97.2 Å². The summed E-state index contributed by atoms with van der Waals surface area (Å²) in [6.07, 6.45) is 2.31. The van der Waals surface area contributed by atoms with E-state index >= 15 is 0 Å². The molecule has 112 valence electrons. The number of anilines is 2. The first kappa shape index (κ1) is 16.4. The summed E-state index contributed by atoms with van der Waals surface area (Å²) in [5, 5.41) is 17.0. The van der Waals surface area contributed by atoms with Gasteiger partial charge in [-0.1, -0.05) is 6.92 Å². The van der Waals surface area contributed by atoms with Gasteiger partial charge in [0.1, 0.15) is 5.82 Å². The highest BCUT2D eigenvalue weighted by atomic mass is 32.2. The van der Waals surface area contributed by atoms with Gasteiger partial charge in [0.25, 0.3) is 0 Å². The Morgan fingerprint density at radius 1 is 1.45 bits per heavy atom. The number of rotatable bonds is 8. The van der Waals surface area contributed by atoms with Gasteiger partial charge in [0.15, 0.2) is 0 Å². The van der Waals surface area contributed by atoms with E-state index in [0.29, 0.717) is 25.3 Å². The molecular weight excluding hydrogens is 280 g/mol. The highest BCUT2D eigenvalue weighted by Gasteiger charge is 2.16. The molecule has 20 heavy (non-hydrogen) atoms. The molecule has 0 bridgehead atoms. The van der Waals surface area contributed by atoms with Crippen molar-refractivity contribution >= 4 is 28.1 Å². The number of pyridine rings is 1. The van der Waals surface area contributed by atoms with E-state index in [1.54, 1.807) is 12.3 Å². The van der Waals surface area contributed by atoms with E-state index in [2.05, 4.69) is 15.6 Å². The zero-order valence-electron chi connectivity index (χ0n) is 11.9. The molecule has 0 saturated carbocycles. The zero-order chi connectivity index (χ0) is 15.1. The zero-order valence-corrected chi connectivity index (χ0v) is 12.7. The van der Waals surface area contributed by atoms with Crippen LogP contribution in [0.2, 0.25) is 0 Å². The van der Waals surface area contributed by atoms with Crippen LogP contribution in [0.1, 0.15) is 20.3 Å². The summed E-state index contributed by atoms with van der Waals surface area (Å²) in [4.78, 5) is 14.7. The summed E-state index contributed by atoms with van der Waals surface area (Å²) in [5.74, 6) is 0.829. The summed E-state index contributed by atoms with van der Waals surface area (Å²) < 4.78 is 11.3. The third-order valence-corrected chi connectivity index (χ3v) is 4.21. The fourth-order valence-electron chi connectivity index (χ4n) is 1.57. The van der Waals surface area contributed by atoms with Crippen molar-refractivity contribution < 1.29 is 9.13 Å². The van der Waals surface area contributed by atoms with Crippen molar-refractivity contribution in [2.24, 2.45) is 0 Å². The molecule has 0 aliphatic heterocycles. The van der Waals surface area contributed by atoms with E-state index in [9.17, 15) is 14.3 Å². The van der Waals surface area contributed by atoms with Crippen LogP contribution in [-0.2, 0) is 10.8 Å². The SMILES string of the molecule is CCNc1ccc([N+](=O)[O-])c(NCCC(C)S(C)=O)n1. The predicted octanol–water partition coefficient (Wildman–Crippen LogP) is 1.99. The molecule has 1 aromatic rings. The first-order chi connectivity index (χ1) is 9.45. The van der Waals surface area contributed by atoms with E-state index in [0.717, 1.165) is 0 Å². The minimum absolute atomic E-state index is 0.0403. The van der Waals surface area contributed by atoms with Crippen LogP contribution in [0.4, 0.5) is 17.3 Å². The normalized spacial score (nSPS) is 13.6. The van der Waals surface area contributed by atoms with Crippen LogP contribution in [-0.4, -0.2) is 38.7 Å². The second-order valence-electron chi connectivity index (χ2n) is 4.38. The first-order valence-electron chi connectivity index (χ1n) is 6.41. The molecule has 0 radical (unpaired) electrons. The van der Waals surface area contributed by atoms with Crippen LogP contribution in [0.15, 0.2) is 12.1 Å². The van der Waals surface area contributed by atoms with Crippen LogP contribution >= 0.6 is 0 Å². The van der Waals surface area contributed by atoms with Crippen LogP contribution < -0.4 is 10.6 Å². The van der Waals surface area contributed by atoms with Gasteiger partial charge in [0.05, 0.1) is 4.92 Å². The maximum atomic E-state index is 11.3. The third kappa shape index (κ3) is 4.76. The van der Waals surface area contributed by atoms with Gasteiger partial charge < -0.3 is 10.6 Å². The summed E-state index contributed by atoms with van der Waals surface area (Å²) >= 11 is 0. The number of nitro groups is 1. The summed E-state index contributed by atoms with van der Waals surface area (Å²) in [6, 6.07) is 3.01. The molecule has 0 aliphatic carbocycles. The lowest BCUT2D eigenvalue weighted by Crippen LogP contribution is -2.16. The monoisotopic (exact) mass is 300 g/mol. The first-order valence-corrected chi connectivity index (χ1v) is 8.03. The third-order valence-electron chi connectivity index (χ3n) is 2.84. The molecule has 0 amide bonds. The number of nitrogens with zero attached hydrogens (tertiary/aromatic N) is 2. The molecule has 0 aromatic carbocycles. The quantitative estimate of drug-likeness (QED) is 0.563. The molecule has 0 spiro atoms. The number of hydrogen-bond donors (Lipinski definition) is 2. The fourth-order valence-corrected chi connectivity index (χ4v) is 2.02. The predicted molar refractivity (Wildman–Crippen MR) is 81.7 cm³/mol. The van der Waals surface area contributed by atoms with Gasteiger partial charge in [0.2, 0.25) is 5.82 Å². The van der Waals surface area contributed by atoms with Crippen LogP contribution in [0.3, 0.4) is 0 Å². The Hall–Kier alpha value is -1.70. The van der Waals surface area contributed by atoms with Gasteiger partial charge >= 0.3 is 5.69 Å². The van der Waals surface area contributed by atoms with E-state index in [-0.39, 0.29) is 16.8 Å². The maximum absolute atomic E-state index is 11.3. The Morgan fingerprint density at radius 3 is 2.70 bits per heavy atom. The molecular formula is C12H20N4O3S. The van der Waals surface area contributed by atoms with E-state index in [4.69, 9.17) is 0 Å². The Bertz CT molecular complexity index is 496. The molecule has 2 N–H and O–H groups in total. The second-order valence-corrected chi connectivity index (χ2v) is 6.18. The number of nitrogens with one attached hydrogen (secondary N) is 2. The lowest BCUT2D eigenvalue weighted by atomic mass is 10.3. The highest BCUT2D eigenvalue weighted by Crippen LogP contribution is 2.24. The summed E-state index contributed by atoms with van der Waals surface area (Å²) in [6.45, 7) is 4.99. The lowest BCUT2D eigenvalue weighted by molar-refractivity contribution is -0.384. The highest BCUT2D eigenvalue weighted by molar-refractivity contribution is 7.84. The molecule has 0 fully saturated rings. The summed E-state index contributed by atoms with van der Waals surface area (Å²) in [7, 11) is -0.896. The Kier molecular flexibility index (Phi) is 6.37. The molecule has 0 aliphatic rings. The summed E-state index contributed by atoms with van der Waals surface area (Å²) in [5.41, 5.74) is -0.0584. The average molecular weight is 300 g/mol. The van der Waals surface area contributed by atoms with Gasteiger partial charge in [-0.15, -0.1) is 0 Å². The van der Waals surface area contributed by atoms with Gasteiger partial charge in [0, 0.05) is 41.5 Å². The number of aromatic nitrogens is 1. The molecule has 7 nitrogen and oxygen atoms in total. The van der Waals surface area contributed by atoms with Crippen molar-refractivity contribution in [2.75, 3.05) is 30.0 Å². The molecule has 2 atom stereocenters. The maximum Gasteiger partial charge on any atom is 0.311 e. The second kappa shape index (κ2) is 7.78. The van der Waals surface area contributed by atoms with Crippen LogP contribution in [0, 0.1) is 10.1 Å². The van der Waals surface area contributed by atoms with Crippen molar-refractivity contribution in [2.45, 2.75) is 25.5 Å². The van der Waals surface area contributed by atoms with Gasteiger partial charge in [-0.3, -0.25) is 14.3 Å². The Morgan fingerprint density at radius 2 is 2.15 bits per heavy atom. The molecule has 8 heteroatoms. The lowest BCUT2D eigenvalue weighted by Gasteiger charge is -2.11.